The van der Waals surface area contributed by atoms with E-state index in [-0.39, 0.29) is 5.56 Å². The third-order valence-electron chi connectivity index (χ3n) is 7.54. The fraction of sp³-hybridized carbons (Fsp3) is 0.714. The summed E-state index contributed by atoms with van der Waals surface area (Å²) in [5.41, 5.74) is 1.68. The molecule has 5 aliphatic carbocycles. The maximum atomic E-state index is 12.7. The SMILES string of the molecule is O=c1[nH]c(CNC23CC4CC(CC(C4)C2)C3)nc2sc3c(c12)CCCC3. The molecule has 2 N–H and O–H groups in total. The normalized spacial score (nSPS) is 35.2. The van der Waals surface area contributed by atoms with Crippen LogP contribution in [-0.4, -0.2) is 15.5 Å². The highest BCUT2D eigenvalue weighted by Crippen LogP contribution is 2.55. The van der Waals surface area contributed by atoms with E-state index in [1.165, 1.54) is 61.8 Å². The summed E-state index contributed by atoms with van der Waals surface area (Å²) in [6, 6.07) is 0. The zero-order valence-electron chi connectivity index (χ0n) is 15.3. The number of H-pyrrole nitrogens is 1. The third kappa shape index (κ3) is 2.43. The van der Waals surface area contributed by atoms with Gasteiger partial charge in [0.25, 0.3) is 5.56 Å². The van der Waals surface area contributed by atoms with Crippen LogP contribution >= 0.6 is 11.3 Å². The first-order chi connectivity index (χ1) is 12.7. The number of hydrogen-bond acceptors (Lipinski definition) is 4. The summed E-state index contributed by atoms with van der Waals surface area (Å²) in [5.74, 6) is 3.64. The number of rotatable bonds is 3. The van der Waals surface area contributed by atoms with Crippen LogP contribution in [0.3, 0.4) is 0 Å². The molecule has 4 nitrogen and oxygen atoms in total. The molecule has 5 aliphatic rings. The second kappa shape index (κ2) is 5.65. The Morgan fingerprint density at radius 1 is 1.08 bits per heavy atom. The molecule has 4 saturated carbocycles. The van der Waals surface area contributed by atoms with Crippen LogP contribution in [0.25, 0.3) is 10.2 Å². The molecule has 2 aromatic heterocycles. The lowest BCUT2D eigenvalue weighted by Crippen LogP contribution is -2.58. The van der Waals surface area contributed by atoms with Gasteiger partial charge in [-0.15, -0.1) is 11.3 Å². The van der Waals surface area contributed by atoms with Gasteiger partial charge in [0.1, 0.15) is 10.7 Å². The van der Waals surface area contributed by atoms with Crippen LogP contribution in [0, 0.1) is 17.8 Å². The Morgan fingerprint density at radius 3 is 2.50 bits per heavy atom. The summed E-state index contributed by atoms with van der Waals surface area (Å²) in [4.78, 5) is 23.1. The van der Waals surface area contributed by atoms with Crippen LogP contribution in [0.4, 0.5) is 0 Å². The van der Waals surface area contributed by atoms with Gasteiger partial charge >= 0.3 is 0 Å². The van der Waals surface area contributed by atoms with Crippen molar-refractivity contribution in [2.45, 2.75) is 76.3 Å². The second-order valence-electron chi connectivity index (χ2n) is 9.46. The number of nitrogens with zero attached hydrogens (tertiary/aromatic N) is 1. The topological polar surface area (TPSA) is 57.8 Å². The van der Waals surface area contributed by atoms with Crippen LogP contribution in [0.2, 0.25) is 0 Å². The number of hydrogen-bond donors (Lipinski definition) is 2. The average molecular weight is 370 g/mol. The maximum absolute atomic E-state index is 12.7. The zero-order chi connectivity index (χ0) is 17.3. The van der Waals surface area contributed by atoms with E-state index in [1.807, 2.05) is 0 Å². The first-order valence-corrected chi connectivity index (χ1v) is 11.3. The highest BCUT2D eigenvalue weighted by atomic mass is 32.1. The minimum atomic E-state index is 0.0803. The van der Waals surface area contributed by atoms with Gasteiger partial charge in [0.05, 0.1) is 11.9 Å². The number of fused-ring (bicyclic) bond motifs is 3. The number of aromatic nitrogens is 2. The van der Waals surface area contributed by atoms with Crippen molar-refractivity contribution in [1.82, 2.24) is 15.3 Å². The van der Waals surface area contributed by atoms with E-state index in [0.717, 1.165) is 46.6 Å². The minimum absolute atomic E-state index is 0.0803. The Hall–Kier alpha value is -1.20. The molecule has 4 bridgehead atoms. The molecule has 138 valence electrons. The lowest BCUT2D eigenvalue weighted by molar-refractivity contribution is -0.0209. The molecule has 5 heteroatoms. The third-order valence-corrected chi connectivity index (χ3v) is 8.73. The van der Waals surface area contributed by atoms with Crippen molar-refractivity contribution in [3.63, 3.8) is 0 Å². The molecule has 0 aromatic carbocycles. The van der Waals surface area contributed by atoms with E-state index in [1.54, 1.807) is 11.3 Å². The standard InChI is InChI=1S/C21H27N3OS/c25-19-18-15-3-1-2-4-16(15)26-20(18)24-17(23-19)11-22-21-8-12-5-13(9-21)7-14(6-12)10-21/h12-14,22H,1-11H2,(H,23,24,25). The molecular formula is C21H27N3OS. The van der Waals surface area contributed by atoms with E-state index < -0.39 is 0 Å². The lowest BCUT2D eigenvalue weighted by Gasteiger charge is -2.57. The van der Waals surface area contributed by atoms with Gasteiger partial charge in [0, 0.05) is 10.4 Å². The van der Waals surface area contributed by atoms with Crippen LogP contribution in [0.15, 0.2) is 4.79 Å². The van der Waals surface area contributed by atoms with Crippen LogP contribution in [0.5, 0.6) is 0 Å². The molecule has 0 aliphatic heterocycles. The van der Waals surface area contributed by atoms with E-state index in [0.29, 0.717) is 12.1 Å². The summed E-state index contributed by atoms with van der Waals surface area (Å²) in [6.07, 6.45) is 13.0. The fourth-order valence-corrected chi connectivity index (χ4v) is 8.17. The van der Waals surface area contributed by atoms with Crippen molar-refractivity contribution in [3.05, 3.63) is 26.6 Å². The summed E-state index contributed by atoms with van der Waals surface area (Å²) in [7, 11) is 0. The molecule has 2 heterocycles. The van der Waals surface area contributed by atoms with E-state index in [4.69, 9.17) is 4.98 Å². The molecule has 7 rings (SSSR count). The molecule has 0 spiro atoms. The minimum Gasteiger partial charge on any atom is -0.309 e. The van der Waals surface area contributed by atoms with Crippen molar-refractivity contribution < 1.29 is 0 Å². The molecule has 26 heavy (non-hydrogen) atoms. The van der Waals surface area contributed by atoms with Crippen LogP contribution in [0.1, 0.15) is 67.6 Å². The van der Waals surface area contributed by atoms with Crippen molar-refractivity contribution in [1.29, 1.82) is 0 Å². The Balaban J connectivity index is 1.28. The van der Waals surface area contributed by atoms with Gasteiger partial charge in [-0.25, -0.2) is 4.98 Å². The van der Waals surface area contributed by atoms with Crippen molar-refractivity contribution in [2.75, 3.05) is 0 Å². The van der Waals surface area contributed by atoms with E-state index in [9.17, 15) is 4.79 Å². The number of aryl methyl sites for hydroxylation is 2. The molecular weight excluding hydrogens is 342 g/mol. The first kappa shape index (κ1) is 15.8. The summed E-state index contributed by atoms with van der Waals surface area (Å²) in [6.45, 7) is 0.708. The van der Waals surface area contributed by atoms with Crippen LogP contribution < -0.4 is 10.9 Å². The van der Waals surface area contributed by atoms with Gasteiger partial charge < -0.3 is 10.3 Å². The Kier molecular flexibility index (Phi) is 3.44. The fourth-order valence-electron chi connectivity index (χ4n) is 6.89. The number of thiophene rings is 1. The highest BCUT2D eigenvalue weighted by molar-refractivity contribution is 7.18. The summed E-state index contributed by atoms with van der Waals surface area (Å²) < 4.78 is 0. The summed E-state index contributed by atoms with van der Waals surface area (Å²) >= 11 is 1.75. The van der Waals surface area contributed by atoms with Gasteiger partial charge in [0.2, 0.25) is 0 Å². The summed E-state index contributed by atoms with van der Waals surface area (Å²) in [5, 5.41) is 4.75. The molecule has 0 radical (unpaired) electrons. The maximum Gasteiger partial charge on any atom is 0.259 e. The molecule has 0 amide bonds. The first-order valence-electron chi connectivity index (χ1n) is 10.5. The largest absolute Gasteiger partial charge is 0.309 e. The molecule has 2 aromatic rings. The van der Waals surface area contributed by atoms with Crippen molar-refractivity contribution in [3.8, 4) is 0 Å². The van der Waals surface area contributed by atoms with E-state index >= 15 is 0 Å². The van der Waals surface area contributed by atoms with E-state index in [2.05, 4.69) is 10.3 Å². The van der Waals surface area contributed by atoms with Crippen molar-refractivity contribution in [2.24, 2.45) is 17.8 Å². The van der Waals surface area contributed by atoms with Gasteiger partial charge in [-0.2, -0.15) is 0 Å². The predicted octanol–water partition coefficient (Wildman–Crippen LogP) is 3.92. The Labute approximate surface area is 157 Å². The number of aromatic amines is 1. The number of nitrogens with one attached hydrogen (secondary N) is 2. The smallest absolute Gasteiger partial charge is 0.259 e. The van der Waals surface area contributed by atoms with Gasteiger partial charge in [-0.1, -0.05) is 0 Å². The Bertz CT molecular complexity index is 892. The molecule has 0 saturated heterocycles. The van der Waals surface area contributed by atoms with Crippen LogP contribution in [-0.2, 0) is 19.4 Å². The van der Waals surface area contributed by atoms with Gasteiger partial charge in [-0.05, 0) is 87.5 Å². The lowest BCUT2D eigenvalue weighted by atomic mass is 9.53. The van der Waals surface area contributed by atoms with Crippen molar-refractivity contribution >= 4 is 21.6 Å². The zero-order valence-corrected chi connectivity index (χ0v) is 16.1. The predicted molar refractivity (Wildman–Crippen MR) is 105 cm³/mol. The Morgan fingerprint density at radius 2 is 1.77 bits per heavy atom. The molecule has 4 fully saturated rings. The van der Waals surface area contributed by atoms with Gasteiger partial charge in [0.15, 0.2) is 0 Å². The van der Waals surface area contributed by atoms with Gasteiger partial charge in [-0.3, -0.25) is 4.79 Å². The molecule has 0 atom stereocenters. The average Bonchev–Trinajstić information content (AvgIpc) is 2.98. The highest BCUT2D eigenvalue weighted by Gasteiger charge is 2.50. The monoisotopic (exact) mass is 369 g/mol. The quantitative estimate of drug-likeness (QED) is 0.862. The second-order valence-corrected chi connectivity index (χ2v) is 10.5. The molecule has 0 unspecified atom stereocenters.